The van der Waals surface area contributed by atoms with E-state index >= 15 is 0 Å². The number of likely N-dealkylation sites (tertiary alicyclic amines) is 1. The van der Waals surface area contributed by atoms with Crippen molar-refractivity contribution < 1.29 is 9.59 Å². The number of fused-ring (bicyclic) bond motifs is 1. The molecule has 1 aliphatic heterocycles. The predicted octanol–water partition coefficient (Wildman–Crippen LogP) is 0.541. The first-order chi connectivity index (χ1) is 10.6. The fourth-order valence-corrected chi connectivity index (χ4v) is 3.64. The van der Waals surface area contributed by atoms with E-state index in [1.165, 1.54) is 0 Å². The molecular formula is C17H23N3O2. The van der Waals surface area contributed by atoms with Crippen molar-refractivity contribution in [2.75, 3.05) is 19.6 Å². The fourth-order valence-electron chi connectivity index (χ4n) is 3.64. The van der Waals surface area contributed by atoms with E-state index in [4.69, 9.17) is 5.73 Å². The van der Waals surface area contributed by atoms with Gasteiger partial charge in [-0.15, -0.1) is 0 Å². The van der Waals surface area contributed by atoms with E-state index in [0.717, 1.165) is 31.5 Å². The zero-order valence-corrected chi connectivity index (χ0v) is 12.7. The molecule has 3 unspecified atom stereocenters. The lowest BCUT2D eigenvalue weighted by molar-refractivity contribution is -0.132. The Morgan fingerprint density at radius 2 is 1.95 bits per heavy atom. The van der Waals surface area contributed by atoms with E-state index < -0.39 is 0 Å². The number of carbonyl (C=O) groups is 2. The first-order valence-electron chi connectivity index (χ1n) is 7.97. The molecule has 1 aromatic rings. The van der Waals surface area contributed by atoms with Crippen LogP contribution in [0.2, 0.25) is 0 Å². The molecular weight excluding hydrogens is 278 g/mol. The number of carbonyl (C=O) groups excluding carboxylic acids is 2. The second kappa shape index (κ2) is 6.48. The third-order valence-corrected chi connectivity index (χ3v) is 4.91. The van der Waals surface area contributed by atoms with Crippen molar-refractivity contribution in [1.29, 1.82) is 0 Å². The number of hydrogen-bond acceptors (Lipinski definition) is 3. The molecule has 0 spiro atoms. The molecule has 3 rings (SSSR count). The van der Waals surface area contributed by atoms with Gasteiger partial charge in [-0.2, -0.15) is 0 Å². The maximum Gasteiger partial charge on any atom is 0.241 e. The van der Waals surface area contributed by atoms with Gasteiger partial charge in [-0.3, -0.25) is 9.59 Å². The Balaban J connectivity index is 1.44. The molecule has 2 aliphatic rings. The van der Waals surface area contributed by atoms with E-state index in [0.29, 0.717) is 18.3 Å². The van der Waals surface area contributed by atoms with Crippen molar-refractivity contribution >= 4 is 11.8 Å². The van der Waals surface area contributed by atoms with E-state index in [2.05, 4.69) is 5.32 Å². The third kappa shape index (κ3) is 3.30. The quantitative estimate of drug-likeness (QED) is 0.852. The van der Waals surface area contributed by atoms with Crippen LogP contribution in [-0.4, -0.2) is 42.4 Å². The Morgan fingerprint density at radius 1 is 1.18 bits per heavy atom. The maximum absolute atomic E-state index is 12.2. The molecule has 1 saturated heterocycles. The minimum absolute atomic E-state index is 0.00279. The van der Waals surface area contributed by atoms with E-state index in [-0.39, 0.29) is 24.4 Å². The Bertz CT molecular complexity index is 546. The van der Waals surface area contributed by atoms with Crippen molar-refractivity contribution in [2.45, 2.75) is 25.3 Å². The summed E-state index contributed by atoms with van der Waals surface area (Å²) in [6.45, 7) is 1.63. The Morgan fingerprint density at radius 3 is 2.68 bits per heavy atom. The van der Waals surface area contributed by atoms with E-state index in [9.17, 15) is 9.59 Å². The summed E-state index contributed by atoms with van der Waals surface area (Å²) in [7, 11) is 0. The van der Waals surface area contributed by atoms with Gasteiger partial charge in [0.2, 0.25) is 11.8 Å². The van der Waals surface area contributed by atoms with Crippen LogP contribution in [0.15, 0.2) is 30.3 Å². The molecule has 0 radical (unpaired) electrons. The largest absolute Gasteiger partial charge is 0.347 e. The van der Waals surface area contributed by atoms with Gasteiger partial charge < -0.3 is 16.0 Å². The van der Waals surface area contributed by atoms with Crippen LogP contribution in [0.4, 0.5) is 0 Å². The Hall–Kier alpha value is -1.88. The van der Waals surface area contributed by atoms with Crippen LogP contribution in [0, 0.1) is 11.8 Å². The summed E-state index contributed by atoms with van der Waals surface area (Å²) in [5.41, 5.74) is 7.04. The van der Waals surface area contributed by atoms with Crippen LogP contribution >= 0.6 is 0 Å². The van der Waals surface area contributed by atoms with Crippen molar-refractivity contribution in [2.24, 2.45) is 17.6 Å². The number of amides is 2. The van der Waals surface area contributed by atoms with Crippen LogP contribution in [0.25, 0.3) is 0 Å². The molecule has 118 valence electrons. The minimum Gasteiger partial charge on any atom is -0.347 e. The average Bonchev–Trinajstić information content (AvgIpc) is 3.08. The predicted molar refractivity (Wildman–Crippen MR) is 83.9 cm³/mol. The van der Waals surface area contributed by atoms with Crippen LogP contribution < -0.4 is 11.1 Å². The van der Waals surface area contributed by atoms with Crippen LogP contribution in [0.3, 0.4) is 0 Å². The first-order valence-corrected chi connectivity index (χ1v) is 7.97. The number of rotatable bonds is 4. The lowest BCUT2D eigenvalue weighted by atomic mass is 9.98. The number of nitrogens with zero attached hydrogens (tertiary/aromatic N) is 1. The summed E-state index contributed by atoms with van der Waals surface area (Å²) in [5, 5.41) is 2.72. The van der Waals surface area contributed by atoms with Crippen molar-refractivity contribution in [1.82, 2.24) is 10.2 Å². The summed E-state index contributed by atoms with van der Waals surface area (Å²) in [6, 6.07) is 9.77. The highest BCUT2D eigenvalue weighted by Gasteiger charge is 2.42. The van der Waals surface area contributed by atoms with Crippen LogP contribution in [-0.2, 0) is 16.0 Å². The molecule has 2 fully saturated rings. The Kier molecular flexibility index (Phi) is 4.43. The second-order valence-corrected chi connectivity index (χ2v) is 6.40. The van der Waals surface area contributed by atoms with E-state index in [1.807, 2.05) is 35.2 Å². The summed E-state index contributed by atoms with van der Waals surface area (Å²) < 4.78 is 0. The maximum atomic E-state index is 12.2. The molecule has 1 aromatic carbocycles. The smallest absolute Gasteiger partial charge is 0.241 e. The molecule has 2 amide bonds. The molecule has 3 atom stereocenters. The second-order valence-electron chi connectivity index (χ2n) is 6.40. The molecule has 5 nitrogen and oxygen atoms in total. The Labute approximate surface area is 130 Å². The van der Waals surface area contributed by atoms with Crippen molar-refractivity contribution in [3.05, 3.63) is 35.9 Å². The number of hydrogen-bond donors (Lipinski definition) is 2. The number of nitrogens with two attached hydrogens (primary N) is 1. The zero-order valence-electron chi connectivity index (χ0n) is 12.7. The van der Waals surface area contributed by atoms with E-state index in [1.54, 1.807) is 0 Å². The summed E-state index contributed by atoms with van der Waals surface area (Å²) in [6.07, 6.45) is 2.51. The summed E-state index contributed by atoms with van der Waals surface area (Å²) in [4.78, 5) is 25.9. The molecule has 22 heavy (non-hydrogen) atoms. The van der Waals surface area contributed by atoms with Gasteiger partial charge in [0.25, 0.3) is 0 Å². The molecule has 3 N–H and O–H groups in total. The highest BCUT2D eigenvalue weighted by atomic mass is 16.2. The lowest BCUT2D eigenvalue weighted by Gasteiger charge is -2.19. The first kappa shape index (κ1) is 15.0. The van der Waals surface area contributed by atoms with Crippen molar-refractivity contribution in [3.8, 4) is 0 Å². The van der Waals surface area contributed by atoms with Gasteiger partial charge >= 0.3 is 0 Å². The van der Waals surface area contributed by atoms with Crippen LogP contribution in [0.5, 0.6) is 0 Å². The average molecular weight is 301 g/mol. The van der Waals surface area contributed by atoms with Gasteiger partial charge in [-0.1, -0.05) is 30.3 Å². The van der Waals surface area contributed by atoms with Gasteiger partial charge in [0, 0.05) is 19.1 Å². The molecule has 1 heterocycles. The SMILES string of the molecule is NC1CCC2CN(C(=O)CNC(=O)Cc3ccccc3)CC12. The van der Waals surface area contributed by atoms with Gasteiger partial charge in [0.15, 0.2) is 0 Å². The topological polar surface area (TPSA) is 75.4 Å². The molecule has 0 bridgehead atoms. The monoisotopic (exact) mass is 301 g/mol. The molecule has 5 heteroatoms. The number of nitrogens with one attached hydrogen (secondary N) is 1. The van der Waals surface area contributed by atoms with Crippen molar-refractivity contribution in [3.63, 3.8) is 0 Å². The standard InChI is InChI=1S/C17H23N3O2/c18-15-7-6-13-10-20(11-14(13)15)17(22)9-19-16(21)8-12-4-2-1-3-5-12/h1-5,13-15H,6-11,18H2,(H,19,21). The highest BCUT2D eigenvalue weighted by molar-refractivity contribution is 5.85. The minimum atomic E-state index is -0.115. The normalized spacial score (nSPS) is 26.8. The summed E-state index contributed by atoms with van der Waals surface area (Å²) >= 11 is 0. The summed E-state index contributed by atoms with van der Waals surface area (Å²) in [5.74, 6) is 0.890. The molecule has 1 aliphatic carbocycles. The van der Waals surface area contributed by atoms with Crippen LogP contribution in [0.1, 0.15) is 18.4 Å². The fraction of sp³-hybridized carbons (Fsp3) is 0.529. The van der Waals surface area contributed by atoms with Gasteiger partial charge in [-0.25, -0.2) is 0 Å². The zero-order chi connectivity index (χ0) is 15.5. The van der Waals surface area contributed by atoms with Gasteiger partial charge in [-0.05, 0) is 30.2 Å². The van der Waals surface area contributed by atoms with Gasteiger partial charge in [0.05, 0.1) is 13.0 Å². The highest BCUT2D eigenvalue weighted by Crippen LogP contribution is 2.36. The van der Waals surface area contributed by atoms with Gasteiger partial charge in [0.1, 0.15) is 0 Å². The number of benzene rings is 1. The third-order valence-electron chi connectivity index (χ3n) is 4.91. The molecule has 0 aromatic heterocycles. The lowest BCUT2D eigenvalue weighted by Crippen LogP contribution is -2.40. The molecule has 1 saturated carbocycles.